The van der Waals surface area contributed by atoms with Gasteiger partial charge in [0, 0.05) is 11.6 Å². The van der Waals surface area contributed by atoms with Gasteiger partial charge in [-0.05, 0) is 43.9 Å². The van der Waals surface area contributed by atoms with E-state index in [0.717, 1.165) is 38.1 Å². The largest absolute Gasteiger partial charge is 0.497 e. The fraction of sp³-hybridized carbons (Fsp3) is 0.389. The minimum absolute atomic E-state index is 0.0181. The number of ether oxygens (including phenoxy) is 2. The summed E-state index contributed by atoms with van der Waals surface area (Å²) in [6.07, 6.45) is 5.33. The zero-order chi connectivity index (χ0) is 17.6. The number of carbonyl (C=O) groups excluding carboxylic acids is 1. The van der Waals surface area contributed by atoms with Crippen LogP contribution in [0.25, 0.3) is 0 Å². The van der Waals surface area contributed by atoms with Gasteiger partial charge in [0.05, 0.1) is 19.5 Å². The molecule has 1 aliphatic rings. The fourth-order valence-electron chi connectivity index (χ4n) is 2.87. The van der Waals surface area contributed by atoms with Crippen LogP contribution in [0.3, 0.4) is 0 Å². The molecule has 1 amide bonds. The Morgan fingerprint density at radius 2 is 1.92 bits per heavy atom. The monoisotopic (exact) mass is 345 g/mol. The van der Waals surface area contributed by atoms with E-state index in [1.807, 2.05) is 0 Å². The lowest BCUT2D eigenvalue weighted by atomic mass is 9.92. The molecule has 1 N–H and O–H groups in total. The molecule has 25 heavy (non-hydrogen) atoms. The lowest BCUT2D eigenvalue weighted by molar-refractivity contribution is 0.0884. The molecule has 1 fully saturated rings. The summed E-state index contributed by atoms with van der Waals surface area (Å²) < 4.78 is 23.6. The smallest absolute Gasteiger partial charge is 0.316 e. The third kappa shape index (κ3) is 4.65. The third-order valence-electron chi connectivity index (χ3n) is 4.21. The summed E-state index contributed by atoms with van der Waals surface area (Å²) in [5, 5.41) is 3.05. The molecule has 0 spiro atoms. The van der Waals surface area contributed by atoms with Crippen LogP contribution in [0.2, 0.25) is 0 Å². The van der Waals surface area contributed by atoms with Crippen LogP contribution < -0.4 is 14.8 Å². The molecule has 3 rings (SSSR count). The molecule has 6 nitrogen and oxygen atoms in total. The quantitative estimate of drug-likeness (QED) is 0.902. The number of nitrogens with one attached hydrogen (secondary N) is 1. The number of hydrogen-bond donors (Lipinski definition) is 1. The van der Waals surface area contributed by atoms with Crippen LogP contribution >= 0.6 is 0 Å². The van der Waals surface area contributed by atoms with Gasteiger partial charge in [-0.15, -0.1) is 0 Å². The van der Waals surface area contributed by atoms with Crippen molar-refractivity contribution in [2.45, 2.75) is 37.8 Å². The molecular formula is C18H20FN3O3. The summed E-state index contributed by atoms with van der Waals surface area (Å²) >= 11 is 0. The first-order valence-electron chi connectivity index (χ1n) is 8.23. The molecule has 1 heterocycles. The highest BCUT2D eigenvalue weighted by Crippen LogP contribution is 2.22. The van der Waals surface area contributed by atoms with Crippen molar-refractivity contribution in [3.8, 4) is 11.8 Å². The minimum Gasteiger partial charge on any atom is -0.497 e. The molecular weight excluding hydrogens is 325 g/mol. The fourth-order valence-corrected chi connectivity index (χ4v) is 2.87. The Hall–Kier alpha value is -2.70. The van der Waals surface area contributed by atoms with Gasteiger partial charge in [-0.2, -0.15) is 0 Å². The Labute approximate surface area is 145 Å². The molecule has 1 saturated carbocycles. The number of rotatable bonds is 5. The maximum absolute atomic E-state index is 12.8. The number of carbonyl (C=O) groups is 1. The van der Waals surface area contributed by atoms with Gasteiger partial charge in [0.2, 0.25) is 0 Å². The van der Waals surface area contributed by atoms with Crippen molar-refractivity contribution in [1.82, 2.24) is 15.3 Å². The van der Waals surface area contributed by atoms with Gasteiger partial charge in [-0.3, -0.25) is 4.79 Å². The van der Waals surface area contributed by atoms with E-state index in [4.69, 9.17) is 9.47 Å². The number of amides is 1. The molecule has 0 radical (unpaired) electrons. The molecule has 1 aromatic carbocycles. The van der Waals surface area contributed by atoms with Gasteiger partial charge < -0.3 is 14.8 Å². The van der Waals surface area contributed by atoms with Gasteiger partial charge in [-0.25, -0.2) is 14.4 Å². The predicted octanol–water partition coefficient (Wildman–Crippen LogP) is 2.74. The van der Waals surface area contributed by atoms with Crippen LogP contribution in [0.4, 0.5) is 4.39 Å². The molecule has 2 aromatic rings. The highest BCUT2D eigenvalue weighted by molar-refractivity contribution is 5.94. The maximum Gasteiger partial charge on any atom is 0.316 e. The molecule has 0 bridgehead atoms. The summed E-state index contributed by atoms with van der Waals surface area (Å²) in [6.45, 7) is 0. The Kier molecular flexibility index (Phi) is 5.42. The van der Waals surface area contributed by atoms with Gasteiger partial charge in [-0.1, -0.05) is 6.07 Å². The summed E-state index contributed by atoms with van der Waals surface area (Å²) in [5.41, 5.74) is 0.581. The van der Waals surface area contributed by atoms with Crippen LogP contribution in [-0.4, -0.2) is 35.1 Å². The van der Waals surface area contributed by atoms with Crippen molar-refractivity contribution < 1.29 is 18.7 Å². The van der Waals surface area contributed by atoms with E-state index in [9.17, 15) is 9.18 Å². The highest BCUT2D eigenvalue weighted by Gasteiger charge is 2.24. The summed E-state index contributed by atoms with van der Waals surface area (Å²) in [6, 6.07) is 7.37. The second-order valence-electron chi connectivity index (χ2n) is 5.98. The lowest BCUT2D eigenvalue weighted by Crippen LogP contribution is -2.39. The third-order valence-corrected chi connectivity index (χ3v) is 4.21. The first-order chi connectivity index (χ1) is 12.1. The second kappa shape index (κ2) is 7.92. The summed E-state index contributed by atoms with van der Waals surface area (Å²) in [4.78, 5) is 19.9. The van der Waals surface area contributed by atoms with E-state index in [0.29, 0.717) is 11.3 Å². The second-order valence-corrected chi connectivity index (χ2v) is 5.98. The van der Waals surface area contributed by atoms with Crippen LogP contribution in [0.15, 0.2) is 36.7 Å². The Bertz CT molecular complexity index is 716. The average molecular weight is 345 g/mol. The number of methoxy groups -OCH3 is 1. The highest BCUT2D eigenvalue weighted by atomic mass is 19.1. The van der Waals surface area contributed by atoms with Crippen molar-refractivity contribution in [1.29, 1.82) is 0 Å². The number of benzene rings is 1. The lowest BCUT2D eigenvalue weighted by Gasteiger charge is -2.28. The van der Waals surface area contributed by atoms with Crippen molar-refractivity contribution in [3.63, 3.8) is 0 Å². The number of halogens is 1. The first-order valence-corrected chi connectivity index (χ1v) is 8.23. The molecule has 132 valence electrons. The van der Waals surface area contributed by atoms with Crippen molar-refractivity contribution in [2.24, 2.45) is 0 Å². The van der Waals surface area contributed by atoms with E-state index in [2.05, 4.69) is 15.3 Å². The van der Waals surface area contributed by atoms with E-state index >= 15 is 0 Å². The number of aromatic nitrogens is 2. The molecule has 0 atom stereocenters. The Morgan fingerprint density at radius 3 is 2.60 bits per heavy atom. The van der Waals surface area contributed by atoms with Crippen molar-refractivity contribution in [3.05, 3.63) is 48.0 Å². The van der Waals surface area contributed by atoms with Gasteiger partial charge in [0.25, 0.3) is 5.91 Å². The van der Waals surface area contributed by atoms with E-state index in [1.54, 1.807) is 31.4 Å². The zero-order valence-corrected chi connectivity index (χ0v) is 13.9. The topological polar surface area (TPSA) is 73.3 Å². The molecule has 0 unspecified atom stereocenters. The van der Waals surface area contributed by atoms with Crippen molar-refractivity contribution >= 4 is 5.91 Å². The van der Waals surface area contributed by atoms with E-state index < -0.39 is 5.82 Å². The van der Waals surface area contributed by atoms with E-state index in [1.165, 1.54) is 0 Å². The molecule has 1 aromatic heterocycles. The zero-order valence-electron chi connectivity index (χ0n) is 13.9. The number of hydrogen-bond acceptors (Lipinski definition) is 5. The van der Waals surface area contributed by atoms with Gasteiger partial charge >= 0.3 is 6.01 Å². The number of nitrogens with zero attached hydrogens (tertiary/aromatic N) is 2. The normalized spacial score (nSPS) is 19.9. The Morgan fingerprint density at radius 1 is 1.20 bits per heavy atom. The summed E-state index contributed by atoms with van der Waals surface area (Å²) in [5.74, 6) is 0.0607. The SMILES string of the molecule is COc1cccc(C(=O)NC2CCC(Oc3ncc(F)cn3)CC2)c1. The van der Waals surface area contributed by atoms with Crippen LogP contribution in [0.1, 0.15) is 36.0 Å². The molecule has 0 aliphatic heterocycles. The predicted molar refractivity (Wildman–Crippen MR) is 89.1 cm³/mol. The summed E-state index contributed by atoms with van der Waals surface area (Å²) in [7, 11) is 1.57. The standard InChI is InChI=1S/C18H20FN3O3/c1-24-16-4-2-3-12(9-16)17(23)22-14-5-7-15(8-6-14)25-18-20-10-13(19)11-21-18/h2-4,9-11,14-15H,5-8H2,1H3,(H,22,23). The van der Waals surface area contributed by atoms with Gasteiger partial charge in [0.1, 0.15) is 11.9 Å². The van der Waals surface area contributed by atoms with Crippen molar-refractivity contribution in [2.75, 3.05) is 7.11 Å². The molecule has 7 heteroatoms. The Balaban J connectivity index is 1.48. The first kappa shape index (κ1) is 17.1. The van der Waals surface area contributed by atoms with Crippen LogP contribution in [0, 0.1) is 5.82 Å². The minimum atomic E-state index is -0.490. The molecule has 1 aliphatic carbocycles. The van der Waals surface area contributed by atoms with Crippen LogP contribution in [-0.2, 0) is 0 Å². The van der Waals surface area contributed by atoms with E-state index in [-0.39, 0.29) is 24.1 Å². The van der Waals surface area contributed by atoms with Crippen LogP contribution in [0.5, 0.6) is 11.8 Å². The average Bonchev–Trinajstić information content (AvgIpc) is 2.65. The van der Waals surface area contributed by atoms with Gasteiger partial charge in [0.15, 0.2) is 5.82 Å². The maximum atomic E-state index is 12.8. The molecule has 0 saturated heterocycles.